The van der Waals surface area contributed by atoms with Gasteiger partial charge in [-0.15, -0.1) is 0 Å². The number of nitrogens with one attached hydrogen (secondary N) is 1. The minimum absolute atomic E-state index is 0.227. The molecule has 1 amide bonds. The van der Waals surface area contributed by atoms with Crippen LogP contribution < -0.4 is 10.1 Å². The van der Waals surface area contributed by atoms with Gasteiger partial charge >= 0.3 is 5.97 Å². The van der Waals surface area contributed by atoms with Gasteiger partial charge in [-0.3, -0.25) is 4.79 Å². The van der Waals surface area contributed by atoms with Crippen LogP contribution >= 0.6 is 34.8 Å². The largest absolute Gasteiger partial charge is 0.477 e. The molecule has 0 radical (unpaired) electrons. The maximum Gasteiger partial charge on any atom is 0.347 e. The summed E-state index contributed by atoms with van der Waals surface area (Å²) in [6.45, 7) is 3.52. The number of amides is 1. The fraction of sp³-hybridized carbons (Fsp3) is 0.385. The Morgan fingerprint density at radius 3 is 2.52 bits per heavy atom. The Balaban J connectivity index is 2.74. The first-order chi connectivity index (χ1) is 9.85. The Morgan fingerprint density at radius 2 is 2.00 bits per heavy atom. The van der Waals surface area contributed by atoms with Crippen molar-refractivity contribution in [1.82, 2.24) is 0 Å². The number of ether oxygens (including phenoxy) is 2. The number of hydrogen-bond donors (Lipinski definition) is 1. The summed E-state index contributed by atoms with van der Waals surface area (Å²) in [5, 5.41) is 2.70. The standard InChI is InChI=1S/C13H14Cl3NO4/c1-3-20-13(19)7(2)21-10-5-4-8(6-9(10)14)17-12(18)11(15)16/h4-7,11H,3H2,1-2H3,(H,17,18)/t7-/m0/s1. The summed E-state index contributed by atoms with van der Waals surface area (Å²) in [6.07, 6.45) is -0.794. The molecule has 0 heterocycles. The maximum absolute atomic E-state index is 11.5. The van der Waals surface area contributed by atoms with E-state index in [1.807, 2.05) is 0 Å². The summed E-state index contributed by atoms with van der Waals surface area (Å²) in [7, 11) is 0. The molecule has 0 aliphatic rings. The first kappa shape index (κ1) is 17.9. The second-order valence-corrected chi connectivity index (χ2v) is 5.45. The maximum atomic E-state index is 11.5. The van der Waals surface area contributed by atoms with E-state index in [4.69, 9.17) is 44.3 Å². The van der Waals surface area contributed by atoms with Crippen LogP contribution in [0.2, 0.25) is 5.02 Å². The lowest BCUT2D eigenvalue weighted by Gasteiger charge is -2.15. The number of esters is 1. The van der Waals surface area contributed by atoms with E-state index in [2.05, 4.69) is 5.32 Å². The molecule has 0 unspecified atom stereocenters. The predicted octanol–water partition coefficient (Wildman–Crippen LogP) is 3.41. The zero-order valence-corrected chi connectivity index (χ0v) is 13.6. The Bertz CT molecular complexity index is 522. The molecule has 0 bridgehead atoms. The molecule has 1 rings (SSSR count). The van der Waals surface area contributed by atoms with Gasteiger partial charge in [0, 0.05) is 5.69 Å². The summed E-state index contributed by atoms with van der Waals surface area (Å²) in [5.41, 5.74) is 0.410. The van der Waals surface area contributed by atoms with Gasteiger partial charge in [-0.2, -0.15) is 0 Å². The van der Waals surface area contributed by atoms with Gasteiger partial charge in [0.1, 0.15) is 5.75 Å². The lowest BCUT2D eigenvalue weighted by atomic mass is 10.3. The van der Waals surface area contributed by atoms with Crippen molar-refractivity contribution in [2.24, 2.45) is 0 Å². The third kappa shape index (κ3) is 5.61. The van der Waals surface area contributed by atoms with Crippen molar-refractivity contribution in [3.8, 4) is 5.75 Å². The van der Waals surface area contributed by atoms with E-state index in [-0.39, 0.29) is 11.6 Å². The number of carbonyl (C=O) groups excluding carboxylic acids is 2. The smallest absolute Gasteiger partial charge is 0.347 e. The minimum Gasteiger partial charge on any atom is -0.477 e. The molecule has 21 heavy (non-hydrogen) atoms. The van der Waals surface area contributed by atoms with Crippen molar-refractivity contribution in [3.63, 3.8) is 0 Å². The summed E-state index contributed by atoms with van der Waals surface area (Å²) in [4.78, 5) is 21.6. The minimum atomic E-state index is -1.18. The van der Waals surface area contributed by atoms with E-state index in [0.717, 1.165) is 0 Å². The van der Waals surface area contributed by atoms with Gasteiger partial charge in [0.25, 0.3) is 5.91 Å². The SMILES string of the molecule is CCOC(=O)[C@H](C)Oc1ccc(NC(=O)C(Cl)Cl)cc1Cl. The average molecular weight is 355 g/mol. The Labute approximate surface area is 137 Å². The number of alkyl halides is 2. The number of rotatable bonds is 6. The number of carbonyl (C=O) groups is 2. The molecule has 116 valence electrons. The average Bonchev–Trinajstić information content (AvgIpc) is 2.41. The van der Waals surface area contributed by atoms with Gasteiger partial charge in [0.15, 0.2) is 10.9 Å². The molecule has 0 saturated carbocycles. The van der Waals surface area contributed by atoms with Crippen LogP contribution in [0.5, 0.6) is 5.75 Å². The van der Waals surface area contributed by atoms with Crippen LogP contribution in [0.1, 0.15) is 13.8 Å². The monoisotopic (exact) mass is 353 g/mol. The van der Waals surface area contributed by atoms with Gasteiger partial charge in [-0.1, -0.05) is 34.8 Å². The van der Waals surface area contributed by atoms with Gasteiger partial charge in [0.05, 0.1) is 11.6 Å². The van der Waals surface area contributed by atoms with Crippen molar-refractivity contribution in [2.45, 2.75) is 24.8 Å². The normalized spacial score (nSPS) is 11.9. The Kier molecular flexibility index (Phi) is 7.08. The fourth-order valence-electron chi connectivity index (χ4n) is 1.37. The molecule has 0 saturated heterocycles. The molecule has 1 aromatic carbocycles. The Hall–Kier alpha value is -1.17. The summed E-state index contributed by atoms with van der Waals surface area (Å²) < 4.78 is 10.2. The number of halogens is 3. The molecule has 8 heteroatoms. The van der Waals surface area contributed by atoms with E-state index in [0.29, 0.717) is 11.4 Å². The van der Waals surface area contributed by atoms with Gasteiger partial charge in [-0.05, 0) is 32.0 Å². The van der Waals surface area contributed by atoms with Gasteiger partial charge in [0.2, 0.25) is 0 Å². The second-order valence-electron chi connectivity index (χ2n) is 3.95. The van der Waals surface area contributed by atoms with Crippen LogP contribution in [0.15, 0.2) is 18.2 Å². The van der Waals surface area contributed by atoms with Crippen molar-refractivity contribution in [2.75, 3.05) is 11.9 Å². The molecule has 1 aromatic rings. The highest BCUT2D eigenvalue weighted by atomic mass is 35.5. The van der Waals surface area contributed by atoms with Crippen LogP contribution in [0.3, 0.4) is 0 Å². The molecule has 0 spiro atoms. The van der Waals surface area contributed by atoms with Crippen LogP contribution in [0, 0.1) is 0 Å². The van der Waals surface area contributed by atoms with E-state index in [9.17, 15) is 9.59 Å². The zero-order chi connectivity index (χ0) is 16.0. The number of hydrogen-bond acceptors (Lipinski definition) is 4. The van der Waals surface area contributed by atoms with E-state index in [1.54, 1.807) is 19.9 Å². The molecule has 1 N–H and O–H groups in total. The number of anilines is 1. The van der Waals surface area contributed by atoms with Crippen LogP contribution in [0.25, 0.3) is 0 Å². The first-order valence-electron chi connectivity index (χ1n) is 6.07. The second kappa shape index (κ2) is 8.32. The highest BCUT2D eigenvalue weighted by molar-refractivity contribution is 6.54. The summed E-state index contributed by atoms with van der Waals surface area (Å²) in [5.74, 6) is -0.760. The molecule has 0 aliphatic heterocycles. The van der Waals surface area contributed by atoms with Crippen molar-refractivity contribution < 1.29 is 19.1 Å². The summed E-state index contributed by atoms with van der Waals surface area (Å²) in [6, 6.07) is 4.53. The van der Waals surface area contributed by atoms with Crippen molar-refractivity contribution in [1.29, 1.82) is 0 Å². The van der Waals surface area contributed by atoms with Crippen molar-refractivity contribution >= 4 is 52.4 Å². The molecule has 0 fully saturated rings. The highest BCUT2D eigenvalue weighted by Gasteiger charge is 2.18. The van der Waals surface area contributed by atoms with Crippen LogP contribution in [-0.2, 0) is 14.3 Å². The van der Waals surface area contributed by atoms with E-state index >= 15 is 0 Å². The number of benzene rings is 1. The summed E-state index contributed by atoms with van der Waals surface area (Å²) >= 11 is 16.9. The Morgan fingerprint density at radius 1 is 1.33 bits per heavy atom. The third-order valence-corrected chi connectivity index (χ3v) is 3.01. The lowest BCUT2D eigenvalue weighted by molar-refractivity contribution is -0.150. The quantitative estimate of drug-likeness (QED) is 0.628. The van der Waals surface area contributed by atoms with Gasteiger partial charge in [-0.25, -0.2) is 4.79 Å². The molecule has 0 aliphatic carbocycles. The third-order valence-electron chi connectivity index (χ3n) is 2.32. The van der Waals surface area contributed by atoms with Crippen LogP contribution in [0.4, 0.5) is 5.69 Å². The molecule has 0 aromatic heterocycles. The lowest BCUT2D eigenvalue weighted by Crippen LogP contribution is -2.26. The molecule has 1 atom stereocenters. The highest BCUT2D eigenvalue weighted by Crippen LogP contribution is 2.29. The van der Waals surface area contributed by atoms with Crippen LogP contribution in [-0.4, -0.2) is 29.4 Å². The van der Waals surface area contributed by atoms with E-state index in [1.165, 1.54) is 12.1 Å². The topological polar surface area (TPSA) is 64.6 Å². The molecule has 5 nitrogen and oxygen atoms in total. The fourth-order valence-corrected chi connectivity index (χ4v) is 1.70. The molecular weight excluding hydrogens is 341 g/mol. The van der Waals surface area contributed by atoms with Gasteiger partial charge < -0.3 is 14.8 Å². The first-order valence-corrected chi connectivity index (χ1v) is 7.32. The zero-order valence-electron chi connectivity index (χ0n) is 11.4. The van der Waals surface area contributed by atoms with Crippen molar-refractivity contribution in [3.05, 3.63) is 23.2 Å². The predicted molar refractivity (Wildman–Crippen MR) is 82.3 cm³/mol. The van der Waals surface area contributed by atoms with E-state index < -0.39 is 22.8 Å². The molecular formula is C13H14Cl3NO4.